The van der Waals surface area contributed by atoms with Gasteiger partial charge in [-0.05, 0) is 48.9 Å². The van der Waals surface area contributed by atoms with Gasteiger partial charge in [0.1, 0.15) is 5.01 Å². The van der Waals surface area contributed by atoms with Crippen LogP contribution in [0.3, 0.4) is 0 Å². The Morgan fingerprint density at radius 3 is 2.55 bits per heavy atom. The van der Waals surface area contributed by atoms with E-state index in [1.54, 1.807) is 15.9 Å². The number of thiazole rings is 1. The number of benzene rings is 1. The van der Waals surface area contributed by atoms with E-state index in [0.29, 0.717) is 24.2 Å². The molecule has 0 bridgehead atoms. The Morgan fingerprint density at radius 2 is 1.87 bits per heavy atom. The predicted octanol–water partition coefficient (Wildman–Crippen LogP) is 5.72. The van der Waals surface area contributed by atoms with Crippen molar-refractivity contribution in [3.05, 3.63) is 71.6 Å². The number of fused-ring (bicyclic) bond motifs is 1. The smallest absolute Gasteiger partial charge is 0.273 e. The molecule has 1 amide bonds. The summed E-state index contributed by atoms with van der Waals surface area (Å²) in [5.74, 6) is -1.67. The van der Waals surface area contributed by atoms with Crippen LogP contribution >= 0.6 is 11.3 Å². The van der Waals surface area contributed by atoms with Crippen LogP contribution in [0.4, 0.5) is 14.5 Å². The SMILES string of the molecule is C=C(c1nccs1)N1CCC(C2CC(=O)N(c3ccc4c(ccn4-c4ncc(C(C)(F)F)cn4)c3)C2)CC1. The van der Waals surface area contributed by atoms with E-state index in [4.69, 9.17) is 0 Å². The number of rotatable bonds is 6. The van der Waals surface area contributed by atoms with Crippen molar-refractivity contribution in [2.24, 2.45) is 11.8 Å². The van der Waals surface area contributed by atoms with Gasteiger partial charge in [-0.2, -0.15) is 0 Å². The summed E-state index contributed by atoms with van der Waals surface area (Å²) < 4.78 is 28.8. The molecule has 2 aliphatic rings. The highest BCUT2D eigenvalue weighted by atomic mass is 32.1. The molecule has 3 aromatic heterocycles. The van der Waals surface area contributed by atoms with Crippen LogP contribution < -0.4 is 4.90 Å². The molecule has 1 unspecified atom stereocenters. The van der Waals surface area contributed by atoms with Crippen molar-refractivity contribution in [3.63, 3.8) is 0 Å². The second-order valence-corrected chi connectivity index (χ2v) is 11.1. The largest absolute Gasteiger partial charge is 0.370 e. The second-order valence-electron chi connectivity index (χ2n) is 10.2. The summed E-state index contributed by atoms with van der Waals surface area (Å²) in [5, 5.41) is 3.88. The molecule has 7 nitrogen and oxygen atoms in total. The Labute approximate surface area is 223 Å². The number of anilines is 1. The highest BCUT2D eigenvalue weighted by Crippen LogP contribution is 2.37. The molecular weight excluding hydrogens is 506 g/mol. The van der Waals surface area contributed by atoms with Crippen molar-refractivity contribution in [3.8, 4) is 5.95 Å². The van der Waals surface area contributed by atoms with Crippen LogP contribution in [0.1, 0.15) is 36.8 Å². The van der Waals surface area contributed by atoms with Crippen LogP contribution in [0.25, 0.3) is 22.5 Å². The first-order valence-electron chi connectivity index (χ1n) is 12.7. The number of halogens is 2. The molecule has 196 valence electrons. The van der Waals surface area contributed by atoms with E-state index in [9.17, 15) is 13.6 Å². The van der Waals surface area contributed by atoms with E-state index in [-0.39, 0.29) is 11.5 Å². The lowest BCUT2D eigenvalue weighted by Crippen LogP contribution is -2.35. The molecule has 4 aromatic rings. The van der Waals surface area contributed by atoms with Crippen molar-refractivity contribution in [2.45, 2.75) is 32.1 Å². The van der Waals surface area contributed by atoms with Crippen molar-refractivity contribution in [2.75, 3.05) is 24.5 Å². The molecule has 2 saturated heterocycles. The van der Waals surface area contributed by atoms with Crippen LogP contribution in [0.2, 0.25) is 0 Å². The van der Waals surface area contributed by atoms with Gasteiger partial charge in [-0.3, -0.25) is 9.36 Å². The fraction of sp³-hybridized carbons (Fsp3) is 0.357. The van der Waals surface area contributed by atoms with Gasteiger partial charge in [0.05, 0.1) is 16.8 Å². The van der Waals surface area contributed by atoms with E-state index in [1.807, 2.05) is 46.9 Å². The fourth-order valence-electron chi connectivity index (χ4n) is 5.59. The van der Waals surface area contributed by atoms with Gasteiger partial charge in [0.25, 0.3) is 5.92 Å². The minimum atomic E-state index is -2.99. The van der Waals surface area contributed by atoms with Gasteiger partial charge in [-0.15, -0.1) is 11.3 Å². The second kappa shape index (κ2) is 9.58. The van der Waals surface area contributed by atoms with Crippen molar-refractivity contribution in [1.29, 1.82) is 0 Å². The maximum Gasteiger partial charge on any atom is 0.273 e. The lowest BCUT2D eigenvalue weighted by Gasteiger charge is -2.36. The first-order valence-corrected chi connectivity index (χ1v) is 13.6. The molecule has 0 saturated carbocycles. The summed E-state index contributed by atoms with van der Waals surface area (Å²) in [6.07, 6.45) is 8.59. The Morgan fingerprint density at radius 1 is 1.11 bits per heavy atom. The van der Waals surface area contributed by atoms with Crippen LogP contribution in [0.5, 0.6) is 0 Å². The van der Waals surface area contributed by atoms with Crippen LogP contribution in [-0.4, -0.2) is 50.0 Å². The summed E-state index contributed by atoms with van der Waals surface area (Å²) >= 11 is 1.61. The molecule has 0 aliphatic carbocycles. The maximum atomic E-state index is 13.5. The monoisotopic (exact) mass is 534 g/mol. The van der Waals surface area contributed by atoms with Gasteiger partial charge in [0, 0.05) is 74.2 Å². The summed E-state index contributed by atoms with van der Waals surface area (Å²) in [6, 6.07) is 7.79. The van der Waals surface area contributed by atoms with Gasteiger partial charge < -0.3 is 9.80 Å². The van der Waals surface area contributed by atoms with Crippen molar-refractivity contribution < 1.29 is 13.6 Å². The summed E-state index contributed by atoms with van der Waals surface area (Å²) in [6.45, 7) is 7.66. The molecule has 10 heteroatoms. The molecule has 0 radical (unpaired) electrons. The third kappa shape index (κ3) is 4.57. The average molecular weight is 535 g/mol. The van der Waals surface area contributed by atoms with Gasteiger partial charge >= 0.3 is 0 Å². The zero-order chi connectivity index (χ0) is 26.4. The number of hydrogen-bond acceptors (Lipinski definition) is 6. The van der Waals surface area contributed by atoms with Gasteiger partial charge in [-0.1, -0.05) is 6.58 Å². The minimum Gasteiger partial charge on any atom is -0.370 e. The quantitative estimate of drug-likeness (QED) is 0.316. The molecule has 2 fully saturated rings. The zero-order valence-electron chi connectivity index (χ0n) is 21.1. The Kier molecular flexibility index (Phi) is 6.22. The Hall–Kier alpha value is -3.66. The normalized spacial score (nSPS) is 19.0. The molecule has 1 atom stereocenters. The number of alkyl halides is 2. The Balaban J connectivity index is 1.13. The fourth-order valence-corrected chi connectivity index (χ4v) is 6.22. The molecule has 38 heavy (non-hydrogen) atoms. The third-order valence-electron chi connectivity index (χ3n) is 7.77. The van der Waals surface area contributed by atoms with Crippen molar-refractivity contribution in [1.82, 2.24) is 24.4 Å². The number of nitrogens with zero attached hydrogens (tertiary/aromatic N) is 6. The highest BCUT2D eigenvalue weighted by molar-refractivity contribution is 7.10. The number of likely N-dealkylation sites (tertiary alicyclic amines) is 1. The van der Waals surface area contributed by atoms with Crippen LogP contribution in [0.15, 0.2) is 61.0 Å². The molecule has 5 heterocycles. The molecular formula is C28H28F2N6OS. The number of amides is 1. The molecule has 1 aromatic carbocycles. The number of piperidine rings is 1. The summed E-state index contributed by atoms with van der Waals surface area (Å²) in [5.41, 5.74) is 2.49. The minimum absolute atomic E-state index is 0.155. The Bertz CT molecular complexity index is 1470. The van der Waals surface area contributed by atoms with E-state index in [2.05, 4.69) is 26.4 Å². The van der Waals surface area contributed by atoms with Crippen molar-refractivity contribution >= 4 is 39.5 Å². The van der Waals surface area contributed by atoms with Gasteiger partial charge in [0.15, 0.2) is 0 Å². The zero-order valence-corrected chi connectivity index (χ0v) is 21.9. The van der Waals surface area contributed by atoms with E-state index < -0.39 is 5.92 Å². The van der Waals surface area contributed by atoms with Gasteiger partial charge in [-0.25, -0.2) is 23.7 Å². The summed E-state index contributed by atoms with van der Waals surface area (Å²) in [4.78, 5) is 29.9. The van der Waals surface area contributed by atoms with Crippen LogP contribution in [0, 0.1) is 11.8 Å². The highest BCUT2D eigenvalue weighted by Gasteiger charge is 2.37. The lowest BCUT2D eigenvalue weighted by atomic mass is 9.83. The van der Waals surface area contributed by atoms with E-state index >= 15 is 0 Å². The average Bonchev–Trinajstić information content (AvgIpc) is 3.68. The van der Waals surface area contributed by atoms with E-state index in [1.165, 1.54) is 0 Å². The third-order valence-corrected chi connectivity index (χ3v) is 8.59. The topological polar surface area (TPSA) is 67.2 Å². The first kappa shape index (κ1) is 24.7. The maximum absolute atomic E-state index is 13.5. The number of hydrogen-bond donors (Lipinski definition) is 0. The number of aromatic nitrogens is 4. The number of carbonyl (C=O) groups excluding carboxylic acids is 1. The molecule has 2 aliphatic heterocycles. The molecule has 0 spiro atoms. The lowest BCUT2D eigenvalue weighted by molar-refractivity contribution is -0.117. The summed E-state index contributed by atoms with van der Waals surface area (Å²) in [7, 11) is 0. The van der Waals surface area contributed by atoms with E-state index in [0.717, 1.165) is 79.1 Å². The number of carbonyl (C=O) groups is 1. The standard InChI is InChI=1S/C28H28F2N6OS/c1-18(26-31-8-12-38-26)34-9-5-19(6-10-34)21-14-25(37)36(17-21)23-3-4-24-20(13-23)7-11-35(24)27-32-15-22(16-33-27)28(2,29)30/h3-4,7-8,11-13,15-16,19,21H,1,5-6,9-10,14,17H2,2H3. The van der Waals surface area contributed by atoms with Gasteiger partial charge in [0.2, 0.25) is 11.9 Å². The molecule has 0 N–H and O–H groups in total. The molecule has 6 rings (SSSR count). The van der Waals surface area contributed by atoms with Crippen LogP contribution in [-0.2, 0) is 10.7 Å². The predicted molar refractivity (Wildman–Crippen MR) is 144 cm³/mol. The first-order chi connectivity index (χ1) is 18.3.